The fraction of sp³-hybridized carbons (Fsp3) is 0.440. The van der Waals surface area contributed by atoms with E-state index in [1.807, 2.05) is 45.0 Å². The van der Waals surface area contributed by atoms with Gasteiger partial charge in [-0.15, -0.1) is 0 Å². The van der Waals surface area contributed by atoms with Crippen molar-refractivity contribution in [2.45, 2.75) is 66.0 Å². The Balaban J connectivity index is 2.16. The highest BCUT2D eigenvalue weighted by Crippen LogP contribution is 2.16. The monoisotopic (exact) mass is 394 g/mol. The number of amides is 2. The normalized spacial score (nSPS) is 11.7. The average molecular weight is 395 g/mol. The van der Waals surface area contributed by atoms with Gasteiger partial charge in [-0.25, -0.2) is 0 Å². The molecule has 0 heterocycles. The van der Waals surface area contributed by atoms with Crippen molar-refractivity contribution in [3.05, 3.63) is 70.8 Å². The van der Waals surface area contributed by atoms with E-state index in [4.69, 9.17) is 0 Å². The molecule has 1 atom stereocenters. The number of hydrogen-bond donors (Lipinski definition) is 1. The molecule has 0 unspecified atom stereocenters. The van der Waals surface area contributed by atoms with Crippen molar-refractivity contribution >= 4 is 11.8 Å². The second kappa shape index (κ2) is 11.4. The maximum Gasteiger partial charge on any atom is 0.242 e. The number of carbonyl (C=O) groups excluding carboxylic acids is 2. The van der Waals surface area contributed by atoms with Crippen LogP contribution in [0.25, 0.3) is 0 Å². The van der Waals surface area contributed by atoms with Gasteiger partial charge in [-0.2, -0.15) is 0 Å². The van der Waals surface area contributed by atoms with Crippen LogP contribution in [0, 0.1) is 13.8 Å². The Labute approximate surface area is 175 Å². The van der Waals surface area contributed by atoms with Gasteiger partial charge in [0.1, 0.15) is 6.04 Å². The van der Waals surface area contributed by atoms with Gasteiger partial charge in [-0.05, 0) is 44.2 Å². The summed E-state index contributed by atoms with van der Waals surface area (Å²) in [4.78, 5) is 27.7. The molecule has 4 nitrogen and oxygen atoms in total. The summed E-state index contributed by atoms with van der Waals surface area (Å²) < 4.78 is 0. The summed E-state index contributed by atoms with van der Waals surface area (Å²) in [5.74, 6) is -0.0465. The van der Waals surface area contributed by atoms with Crippen LogP contribution in [-0.2, 0) is 22.6 Å². The highest BCUT2D eigenvalue weighted by atomic mass is 16.2. The molecule has 0 saturated carbocycles. The summed E-state index contributed by atoms with van der Waals surface area (Å²) in [6.07, 6.45) is 2.54. The fourth-order valence-corrected chi connectivity index (χ4v) is 3.33. The number of nitrogens with one attached hydrogen (secondary N) is 1. The number of benzene rings is 2. The molecule has 0 aliphatic heterocycles. The van der Waals surface area contributed by atoms with Crippen LogP contribution in [0.2, 0.25) is 0 Å². The zero-order valence-corrected chi connectivity index (χ0v) is 18.2. The Morgan fingerprint density at radius 3 is 1.97 bits per heavy atom. The lowest BCUT2D eigenvalue weighted by Gasteiger charge is -2.31. The van der Waals surface area contributed by atoms with Crippen LogP contribution in [0.5, 0.6) is 0 Å². The molecule has 0 aromatic heterocycles. The molecular formula is C25H34N2O2. The minimum Gasteiger partial charge on any atom is -0.354 e. The van der Waals surface area contributed by atoms with E-state index >= 15 is 0 Å². The molecule has 156 valence electrons. The first-order valence-corrected chi connectivity index (χ1v) is 10.6. The smallest absolute Gasteiger partial charge is 0.242 e. The van der Waals surface area contributed by atoms with Gasteiger partial charge < -0.3 is 10.2 Å². The predicted octanol–water partition coefficient (Wildman–Crippen LogP) is 4.57. The maximum absolute atomic E-state index is 13.2. The number of rotatable bonds is 10. The Hall–Kier alpha value is -2.62. The molecule has 0 bridgehead atoms. The van der Waals surface area contributed by atoms with E-state index in [-0.39, 0.29) is 11.8 Å². The summed E-state index contributed by atoms with van der Waals surface area (Å²) in [6.45, 7) is 9.17. The molecule has 0 aliphatic rings. The summed E-state index contributed by atoms with van der Waals surface area (Å²) in [5.41, 5.74) is 4.57. The van der Waals surface area contributed by atoms with Crippen molar-refractivity contribution in [1.29, 1.82) is 0 Å². The SMILES string of the molecule is CCCNC(=O)[C@@H](CC)N(Cc1ccc(C)cc1)C(=O)CCc1ccc(C)cc1. The third-order valence-electron chi connectivity index (χ3n) is 5.16. The topological polar surface area (TPSA) is 49.4 Å². The first-order valence-electron chi connectivity index (χ1n) is 10.6. The quantitative estimate of drug-likeness (QED) is 0.642. The van der Waals surface area contributed by atoms with E-state index < -0.39 is 6.04 Å². The third-order valence-corrected chi connectivity index (χ3v) is 5.16. The molecule has 2 aromatic rings. The van der Waals surface area contributed by atoms with Crippen molar-refractivity contribution in [3.8, 4) is 0 Å². The highest BCUT2D eigenvalue weighted by Gasteiger charge is 2.28. The Bertz CT molecular complexity index is 781. The van der Waals surface area contributed by atoms with Gasteiger partial charge in [0.15, 0.2) is 0 Å². The summed E-state index contributed by atoms with van der Waals surface area (Å²) in [6, 6.07) is 16.0. The van der Waals surface area contributed by atoms with Crippen LogP contribution in [0.4, 0.5) is 0 Å². The van der Waals surface area contributed by atoms with Crippen LogP contribution in [0.15, 0.2) is 48.5 Å². The number of aryl methyl sites for hydroxylation is 3. The van der Waals surface area contributed by atoms with Crippen LogP contribution >= 0.6 is 0 Å². The van der Waals surface area contributed by atoms with Gasteiger partial charge in [0.05, 0.1) is 0 Å². The van der Waals surface area contributed by atoms with E-state index in [2.05, 4.69) is 36.5 Å². The summed E-state index contributed by atoms with van der Waals surface area (Å²) in [7, 11) is 0. The first kappa shape index (κ1) is 22.7. The maximum atomic E-state index is 13.2. The van der Waals surface area contributed by atoms with Gasteiger partial charge in [0, 0.05) is 19.5 Å². The fourth-order valence-electron chi connectivity index (χ4n) is 3.33. The van der Waals surface area contributed by atoms with Crippen LogP contribution in [0.1, 0.15) is 55.4 Å². The Kier molecular flexibility index (Phi) is 8.91. The second-order valence-electron chi connectivity index (χ2n) is 7.71. The van der Waals surface area contributed by atoms with E-state index in [0.29, 0.717) is 32.4 Å². The van der Waals surface area contributed by atoms with Crippen molar-refractivity contribution in [2.24, 2.45) is 0 Å². The molecule has 4 heteroatoms. The molecule has 2 amide bonds. The van der Waals surface area contributed by atoms with Crippen molar-refractivity contribution in [2.75, 3.05) is 6.54 Å². The molecule has 1 N–H and O–H groups in total. The van der Waals surface area contributed by atoms with Crippen LogP contribution < -0.4 is 5.32 Å². The zero-order chi connectivity index (χ0) is 21.2. The van der Waals surface area contributed by atoms with Crippen LogP contribution in [0.3, 0.4) is 0 Å². The Morgan fingerprint density at radius 2 is 1.45 bits per heavy atom. The second-order valence-corrected chi connectivity index (χ2v) is 7.71. The minimum atomic E-state index is -0.451. The lowest BCUT2D eigenvalue weighted by molar-refractivity contribution is -0.141. The van der Waals surface area contributed by atoms with Gasteiger partial charge in [-0.1, -0.05) is 73.5 Å². The standard InChI is InChI=1S/C25H34N2O2/c1-5-17-26-25(29)23(6-2)27(18-22-13-9-20(4)10-14-22)24(28)16-15-21-11-7-19(3)8-12-21/h7-14,23H,5-6,15-18H2,1-4H3,(H,26,29)/t23-/m1/s1. The molecule has 29 heavy (non-hydrogen) atoms. The van der Waals surface area contributed by atoms with E-state index in [0.717, 1.165) is 17.5 Å². The lowest BCUT2D eigenvalue weighted by Crippen LogP contribution is -2.49. The molecule has 0 fully saturated rings. The first-order chi connectivity index (χ1) is 13.9. The molecule has 0 aliphatic carbocycles. The Morgan fingerprint density at radius 1 is 0.897 bits per heavy atom. The van der Waals surface area contributed by atoms with Crippen molar-refractivity contribution in [1.82, 2.24) is 10.2 Å². The van der Waals surface area contributed by atoms with Gasteiger partial charge in [0.2, 0.25) is 11.8 Å². The molecule has 2 rings (SSSR count). The molecule has 0 spiro atoms. The van der Waals surface area contributed by atoms with Gasteiger partial charge in [-0.3, -0.25) is 9.59 Å². The van der Waals surface area contributed by atoms with E-state index in [1.54, 1.807) is 4.90 Å². The van der Waals surface area contributed by atoms with E-state index in [1.165, 1.54) is 11.1 Å². The molecule has 2 aromatic carbocycles. The van der Waals surface area contributed by atoms with Gasteiger partial charge >= 0.3 is 0 Å². The molecule has 0 saturated heterocycles. The zero-order valence-electron chi connectivity index (χ0n) is 18.2. The summed E-state index contributed by atoms with van der Waals surface area (Å²) >= 11 is 0. The molecule has 0 radical (unpaired) electrons. The van der Waals surface area contributed by atoms with Crippen molar-refractivity contribution in [3.63, 3.8) is 0 Å². The lowest BCUT2D eigenvalue weighted by atomic mass is 10.0. The van der Waals surface area contributed by atoms with E-state index in [9.17, 15) is 9.59 Å². The van der Waals surface area contributed by atoms with Gasteiger partial charge in [0.25, 0.3) is 0 Å². The van der Waals surface area contributed by atoms with Crippen molar-refractivity contribution < 1.29 is 9.59 Å². The predicted molar refractivity (Wildman–Crippen MR) is 119 cm³/mol. The number of nitrogens with zero attached hydrogens (tertiary/aromatic N) is 1. The summed E-state index contributed by atoms with van der Waals surface area (Å²) in [5, 5.41) is 2.96. The van der Waals surface area contributed by atoms with Crippen LogP contribution in [-0.4, -0.2) is 29.3 Å². The third kappa shape index (κ3) is 7.04. The average Bonchev–Trinajstić information content (AvgIpc) is 2.72. The minimum absolute atomic E-state index is 0.0182. The molecular weight excluding hydrogens is 360 g/mol. The largest absolute Gasteiger partial charge is 0.354 e. The number of hydrogen-bond acceptors (Lipinski definition) is 2. The highest BCUT2D eigenvalue weighted by molar-refractivity contribution is 5.87. The number of carbonyl (C=O) groups is 2.